The largest absolute Gasteiger partial charge is 0.436 e. The Morgan fingerprint density at radius 3 is 2.50 bits per heavy atom. The minimum Gasteiger partial charge on any atom is -0.436 e. The summed E-state index contributed by atoms with van der Waals surface area (Å²) >= 11 is 0. The molecule has 1 saturated heterocycles. The van der Waals surface area contributed by atoms with Gasteiger partial charge < -0.3 is 14.1 Å². The van der Waals surface area contributed by atoms with E-state index in [4.69, 9.17) is 9.15 Å². The zero-order chi connectivity index (χ0) is 17.1. The molecule has 1 aromatic carbocycles. The van der Waals surface area contributed by atoms with E-state index in [0.29, 0.717) is 31.3 Å². The Bertz CT molecular complexity index is 706. The monoisotopic (exact) mass is 332 g/mol. The number of oxazole rings is 1. The second kappa shape index (κ2) is 7.13. The highest BCUT2D eigenvalue weighted by Gasteiger charge is 2.30. The van der Waals surface area contributed by atoms with Gasteiger partial charge in [-0.15, -0.1) is 0 Å². The van der Waals surface area contributed by atoms with E-state index in [-0.39, 0.29) is 23.5 Å². The van der Waals surface area contributed by atoms with E-state index in [1.807, 2.05) is 0 Å². The number of rotatable bonds is 4. The van der Waals surface area contributed by atoms with E-state index in [1.165, 1.54) is 12.1 Å². The van der Waals surface area contributed by atoms with Gasteiger partial charge in [0.1, 0.15) is 5.82 Å². The minimum absolute atomic E-state index is 0.0705. The number of hydrogen-bond donors (Lipinski definition) is 0. The highest BCUT2D eigenvalue weighted by atomic mass is 19.1. The van der Waals surface area contributed by atoms with Gasteiger partial charge in [0, 0.05) is 32.7 Å². The molecule has 128 valence electrons. The lowest BCUT2D eigenvalue weighted by Gasteiger charge is -2.34. The van der Waals surface area contributed by atoms with Gasteiger partial charge in [-0.3, -0.25) is 4.79 Å². The number of aromatic nitrogens is 1. The van der Waals surface area contributed by atoms with Crippen molar-refractivity contribution in [3.8, 4) is 0 Å². The molecule has 0 atom stereocenters. The van der Waals surface area contributed by atoms with Crippen LogP contribution in [0, 0.1) is 19.7 Å². The standard InChI is InChI=1S/C18H21FN2O3/c1-12-17(24-13(2)20-12)18(22)21(16-7-9-23-10-8-16)11-14-3-5-15(19)6-4-14/h3-6,16H,7-11H2,1-2H3. The van der Waals surface area contributed by atoms with Gasteiger partial charge in [0.05, 0.1) is 5.69 Å². The van der Waals surface area contributed by atoms with Gasteiger partial charge in [-0.05, 0) is 37.5 Å². The van der Waals surface area contributed by atoms with Crippen molar-refractivity contribution in [1.29, 1.82) is 0 Å². The first-order valence-corrected chi connectivity index (χ1v) is 8.12. The lowest BCUT2D eigenvalue weighted by atomic mass is 10.0. The molecule has 0 saturated carbocycles. The summed E-state index contributed by atoms with van der Waals surface area (Å²) < 4.78 is 24.1. The molecule has 24 heavy (non-hydrogen) atoms. The summed E-state index contributed by atoms with van der Waals surface area (Å²) in [4.78, 5) is 19.0. The maximum Gasteiger partial charge on any atom is 0.292 e. The Morgan fingerprint density at radius 1 is 1.25 bits per heavy atom. The average Bonchev–Trinajstić information content (AvgIpc) is 2.93. The normalized spacial score (nSPS) is 15.5. The van der Waals surface area contributed by atoms with Gasteiger partial charge in [-0.1, -0.05) is 12.1 Å². The van der Waals surface area contributed by atoms with Crippen LogP contribution in [0.4, 0.5) is 4.39 Å². The van der Waals surface area contributed by atoms with Crippen molar-refractivity contribution in [2.45, 2.75) is 39.3 Å². The molecule has 1 aliphatic heterocycles. The number of carbonyl (C=O) groups is 1. The second-order valence-corrected chi connectivity index (χ2v) is 6.05. The Hall–Kier alpha value is -2.21. The van der Waals surface area contributed by atoms with Gasteiger partial charge in [0.15, 0.2) is 5.89 Å². The molecule has 2 heterocycles. The molecule has 0 aliphatic carbocycles. The van der Waals surface area contributed by atoms with Crippen molar-refractivity contribution in [1.82, 2.24) is 9.88 Å². The van der Waals surface area contributed by atoms with E-state index in [1.54, 1.807) is 30.9 Å². The highest BCUT2D eigenvalue weighted by molar-refractivity contribution is 5.92. The summed E-state index contributed by atoms with van der Waals surface area (Å²) in [5, 5.41) is 0. The number of carbonyl (C=O) groups excluding carboxylic acids is 1. The van der Waals surface area contributed by atoms with Crippen LogP contribution in [-0.4, -0.2) is 35.0 Å². The van der Waals surface area contributed by atoms with Crippen molar-refractivity contribution in [3.63, 3.8) is 0 Å². The highest BCUT2D eigenvalue weighted by Crippen LogP contribution is 2.22. The Kier molecular flexibility index (Phi) is 4.94. The third kappa shape index (κ3) is 3.64. The summed E-state index contributed by atoms with van der Waals surface area (Å²) in [5.41, 5.74) is 1.47. The molecule has 0 spiro atoms. The molecule has 1 amide bonds. The van der Waals surface area contributed by atoms with Crippen molar-refractivity contribution >= 4 is 5.91 Å². The van der Waals surface area contributed by atoms with E-state index in [2.05, 4.69) is 4.98 Å². The molecule has 3 rings (SSSR count). The molecular weight excluding hydrogens is 311 g/mol. The van der Waals surface area contributed by atoms with E-state index in [9.17, 15) is 9.18 Å². The maximum absolute atomic E-state index is 13.1. The van der Waals surface area contributed by atoms with Crippen LogP contribution in [0.15, 0.2) is 28.7 Å². The predicted molar refractivity (Wildman–Crippen MR) is 86.1 cm³/mol. The van der Waals surface area contributed by atoms with Crippen molar-refractivity contribution < 1.29 is 18.3 Å². The summed E-state index contributed by atoms with van der Waals surface area (Å²) in [5.74, 6) is 0.291. The predicted octanol–water partition coefficient (Wildman–Crippen LogP) is 3.25. The van der Waals surface area contributed by atoms with Crippen LogP contribution in [0.1, 0.15) is 40.5 Å². The van der Waals surface area contributed by atoms with Crippen LogP contribution in [0.3, 0.4) is 0 Å². The van der Waals surface area contributed by atoms with Gasteiger partial charge in [0.2, 0.25) is 5.76 Å². The number of halogens is 1. The van der Waals surface area contributed by atoms with Gasteiger partial charge in [0.25, 0.3) is 5.91 Å². The summed E-state index contributed by atoms with van der Waals surface area (Å²) in [6, 6.07) is 6.29. The first-order valence-electron chi connectivity index (χ1n) is 8.12. The second-order valence-electron chi connectivity index (χ2n) is 6.05. The number of hydrogen-bond acceptors (Lipinski definition) is 4. The quantitative estimate of drug-likeness (QED) is 0.862. The molecule has 1 fully saturated rings. The topological polar surface area (TPSA) is 55.6 Å². The van der Waals surface area contributed by atoms with Gasteiger partial charge in [-0.25, -0.2) is 9.37 Å². The van der Waals surface area contributed by atoms with Crippen LogP contribution >= 0.6 is 0 Å². The van der Waals surface area contributed by atoms with Gasteiger partial charge in [-0.2, -0.15) is 0 Å². The molecule has 0 N–H and O–H groups in total. The number of aryl methyl sites for hydroxylation is 2. The fourth-order valence-electron chi connectivity index (χ4n) is 3.01. The van der Waals surface area contributed by atoms with Crippen molar-refractivity contribution in [2.24, 2.45) is 0 Å². The third-order valence-corrected chi connectivity index (χ3v) is 4.26. The fraction of sp³-hybridized carbons (Fsp3) is 0.444. The molecule has 6 heteroatoms. The first kappa shape index (κ1) is 16.6. The molecule has 0 radical (unpaired) electrons. The van der Waals surface area contributed by atoms with Crippen LogP contribution in [0.25, 0.3) is 0 Å². The zero-order valence-electron chi connectivity index (χ0n) is 13.9. The first-order chi connectivity index (χ1) is 11.5. The van der Waals surface area contributed by atoms with Gasteiger partial charge >= 0.3 is 0 Å². The van der Waals surface area contributed by atoms with E-state index in [0.717, 1.165) is 18.4 Å². The minimum atomic E-state index is -0.288. The molecule has 5 nitrogen and oxygen atoms in total. The van der Waals surface area contributed by atoms with Crippen molar-refractivity contribution in [2.75, 3.05) is 13.2 Å². The zero-order valence-corrected chi connectivity index (χ0v) is 13.9. The average molecular weight is 332 g/mol. The van der Waals surface area contributed by atoms with Crippen molar-refractivity contribution in [3.05, 3.63) is 53.0 Å². The van der Waals surface area contributed by atoms with Crippen LogP contribution < -0.4 is 0 Å². The molecular formula is C18H21FN2O3. The summed E-state index contributed by atoms with van der Waals surface area (Å²) in [6.07, 6.45) is 1.55. The Labute approximate surface area is 140 Å². The number of benzene rings is 1. The molecule has 2 aromatic rings. The lowest BCUT2D eigenvalue weighted by molar-refractivity contribution is 0.0248. The number of amides is 1. The SMILES string of the molecule is Cc1nc(C)c(C(=O)N(Cc2ccc(F)cc2)C2CCOCC2)o1. The van der Waals surface area contributed by atoms with Crippen LogP contribution in [0.2, 0.25) is 0 Å². The van der Waals surface area contributed by atoms with E-state index >= 15 is 0 Å². The summed E-state index contributed by atoms with van der Waals surface area (Å²) in [7, 11) is 0. The summed E-state index contributed by atoms with van der Waals surface area (Å²) in [6.45, 7) is 5.16. The van der Waals surface area contributed by atoms with Crippen LogP contribution in [0.5, 0.6) is 0 Å². The number of nitrogens with zero attached hydrogens (tertiary/aromatic N) is 2. The van der Waals surface area contributed by atoms with E-state index < -0.39 is 0 Å². The molecule has 0 unspecified atom stereocenters. The molecule has 0 bridgehead atoms. The Balaban J connectivity index is 1.87. The lowest BCUT2D eigenvalue weighted by Crippen LogP contribution is -2.43. The Morgan fingerprint density at radius 2 is 1.92 bits per heavy atom. The van der Waals surface area contributed by atoms with Crippen LogP contribution in [-0.2, 0) is 11.3 Å². The third-order valence-electron chi connectivity index (χ3n) is 4.26. The maximum atomic E-state index is 13.1. The number of ether oxygens (including phenoxy) is 1. The molecule has 1 aliphatic rings. The smallest absolute Gasteiger partial charge is 0.292 e. The fourth-order valence-corrected chi connectivity index (χ4v) is 3.01. The molecule has 1 aromatic heterocycles.